The number of carboxylic acid groups (broad SMARTS) is 1. The molecule has 2 amide bonds. The first-order chi connectivity index (χ1) is 11.3. The van der Waals surface area contributed by atoms with Gasteiger partial charge >= 0.3 is 12.0 Å². The Balaban J connectivity index is 2.17. The number of pyridine rings is 1. The summed E-state index contributed by atoms with van der Waals surface area (Å²) in [6.07, 6.45) is 2.16. The topological polar surface area (TPSA) is 94.0 Å². The molecule has 2 N–H and O–H groups in total. The number of likely N-dealkylation sites (N-methyl/N-ethyl adjacent to an activating group) is 1. The number of hydrogen-bond donors (Lipinski definition) is 2. The molecule has 1 aliphatic rings. The number of hydrogen-bond acceptors (Lipinski definition) is 4. The van der Waals surface area contributed by atoms with Gasteiger partial charge in [0.25, 0.3) is 0 Å². The van der Waals surface area contributed by atoms with Gasteiger partial charge in [0.1, 0.15) is 12.1 Å². The SMILES string of the molecule is CC(C)[C@@H](C(=O)O)N(C)C(=O)N1CCC[C@H]1C(O)c1ccccn1. The summed E-state index contributed by atoms with van der Waals surface area (Å²) in [5, 5.41) is 20.0. The number of likely N-dealkylation sites (tertiary alicyclic amines) is 1. The first kappa shape index (κ1) is 18.2. The number of carboxylic acids is 1. The van der Waals surface area contributed by atoms with E-state index < -0.39 is 24.2 Å². The van der Waals surface area contributed by atoms with Crippen molar-refractivity contribution in [3.8, 4) is 0 Å². The molecule has 0 bridgehead atoms. The van der Waals surface area contributed by atoms with E-state index in [1.807, 2.05) is 0 Å². The van der Waals surface area contributed by atoms with Gasteiger partial charge in [0.05, 0.1) is 11.7 Å². The summed E-state index contributed by atoms with van der Waals surface area (Å²) in [5.41, 5.74) is 0.517. The molecule has 2 rings (SSSR count). The highest BCUT2D eigenvalue weighted by Crippen LogP contribution is 2.29. The first-order valence-electron chi connectivity index (χ1n) is 8.19. The number of aromatic nitrogens is 1. The van der Waals surface area contributed by atoms with Crippen LogP contribution in [0.3, 0.4) is 0 Å². The van der Waals surface area contributed by atoms with Gasteiger partial charge in [-0.25, -0.2) is 9.59 Å². The zero-order chi connectivity index (χ0) is 17.9. The quantitative estimate of drug-likeness (QED) is 0.855. The lowest BCUT2D eigenvalue weighted by atomic mass is 10.0. The van der Waals surface area contributed by atoms with Crippen LogP contribution < -0.4 is 0 Å². The minimum Gasteiger partial charge on any atom is -0.480 e. The second-order valence-electron chi connectivity index (χ2n) is 6.52. The Bertz CT molecular complexity index is 578. The zero-order valence-electron chi connectivity index (χ0n) is 14.3. The molecular weight excluding hydrogens is 310 g/mol. The molecule has 24 heavy (non-hydrogen) atoms. The Labute approximate surface area is 141 Å². The van der Waals surface area contributed by atoms with Crippen molar-refractivity contribution in [1.82, 2.24) is 14.8 Å². The first-order valence-corrected chi connectivity index (χ1v) is 8.19. The van der Waals surface area contributed by atoms with Crippen molar-refractivity contribution in [2.24, 2.45) is 5.92 Å². The molecule has 132 valence electrons. The second kappa shape index (κ2) is 7.61. The third-order valence-corrected chi connectivity index (χ3v) is 4.50. The molecular formula is C17H25N3O4. The van der Waals surface area contributed by atoms with E-state index in [0.717, 1.165) is 6.42 Å². The molecule has 0 aliphatic carbocycles. The van der Waals surface area contributed by atoms with Crippen LogP contribution in [0.4, 0.5) is 4.79 Å². The van der Waals surface area contributed by atoms with Crippen molar-refractivity contribution < 1.29 is 19.8 Å². The number of carbonyl (C=O) groups is 2. The van der Waals surface area contributed by atoms with E-state index in [1.165, 1.54) is 11.9 Å². The fraction of sp³-hybridized carbons (Fsp3) is 0.588. The Morgan fingerprint density at radius 2 is 2.08 bits per heavy atom. The van der Waals surface area contributed by atoms with E-state index in [0.29, 0.717) is 18.7 Å². The number of rotatable bonds is 5. The van der Waals surface area contributed by atoms with E-state index in [2.05, 4.69) is 4.98 Å². The largest absolute Gasteiger partial charge is 0.480 e. The molecule has 0 aromatic carbocycles. The predicted molar refractivity (Wildman–Crippen MR) is 88.3 cm³/mol. The summed E-state index contributed by atoms with van der Waals surface area (Å²) < 4.78 is 0. The van der Waals surface area contributed by atoms with E-state index in [4.69, 9.17) is 0 Å². The van der Waals surface area contributed by atoms with Crippen LogP contribution in [0.5, 0.6) is 0 Å². The molecule has 0 radical (unpaired) electrons. The fourth-order valence-electron chi connectivity index (χ4n) is 3.33. The summed E-state index contributed by atoms with van der Waals surface area (Å²) in [6.45, 7) is 4.04. The molecule has 2 heterocycles. The van der Waals surface area contributed by atoms with Crippen LogP contribution in [0.2, 0.25) is 0 Å². The average Bonchev–Trinajstić information content (AvgIpc) is 3.03. The van der Waals surface area contributed by atoms with Crippen molar-refractivity contribution in [3.63, 3.8) is 0 Å². The highest BCUT2D eigenvalue weighted by atomic mass is 16.4. The van der Waals surface area contributed by atoms with E-state index >= 15 is 0 Å². The maximum Gasteiger partial charge on any atom is 0.326 e. The Hall–Kier alpha value is -2.15. The highest BCUT2D eigenvalue weighted by molar-refractivity contribution is 5.83. The van der Waals surface area contributed by atoms with Gasteiger partial charge in [-0.2, -0.15) is 0 Å². The number of aliphatic hydroxyl groups excluding tert-OH is 1. The Morgan fingerprint density at radius 3 is 2.62 bits per heavy atom. The highest BCUT2D eigenvalue weighted by Gasteiger charge is 2.39. The van der Waals surface area contributed by atoms with Crippen LogP contribution in [0, 0.1) is 5.92 Å². The standard InChI is InChI=1S/C17H25N3O4/c1-11(2)14(16(22)23)19(3)17(24)20-10-6-8-13(20)15(21)12-7-4-5-9-18-12/h4-5,7,9,11,13-15,21H,6,8,10H2,1-3H3,(H,22,23)/t13-,14-,15?/m0/s1. The number of carbonyl (C=O) groups excluding carboxylic acids is 1. The summed E-state index contributed by atoms with van der Waals surface area (Å²) in [4.78, 5) is 31.3. The molecule has 7 heteroatoms. The Morgan fingerprint density at radius 1 is 1.38 bits per heavy atom. The van der Waals surface area contributed by atoms with Crippen molar-refractivity contribution in [3.05, 3.63) is 30.1 Å². The maximum atomic E-state index is 12.8. The van der Waals surface area contributed by atoms with Crippen LogP contribution in [0.15, 0.2) is 24.4 Å². The molecule has 1 aliphatic heterocycles. The minimum atomic E-state index is -1.03. The lowest BCUT2D eigenvalue weighted by Gasteiger charge is -2.35. The van der Waals surface area contributed by atoms with E-state index in [-0.39, 0.29) is 11.9 Å². The zero-order valence-corrected chi connectivity index (χ0v) is 14.3. The van der Waals surface area contributed by atoms with Crippen molar-refractivity contribution in [1.29, 1.82) is 0 Å². The molecule has 0 spiro atoms. The molecule has 3 atom stereocenters. The minimum absolute atomic E-state index is 0.210. The van der Waals surface area contributed by atoms with Gasteiger partial charge in [-0.05, 0) is 30.9 Å². The normalized spacial score (nSPS) is 20.0. The van der Waals surface area contributed by atoms with E-state index in [9.17, 15) is 19.8 Å². The van der Waals surface area contributed by atoms with Gasteiger partial charge in [0, 0.05) is 19.8 Å². The number of nitrogens with zero attached hydrogens (tertiary/aromatic N) is 3. The van der Waals surface area contributed by atoms with Crippen LogP contribution in [0.25, 0.3) is 0 Å². The number of aliphatic carboxylic acids is 1. The summed E-state index contributed by atoms with van der Waals surface area (Å²) in [5.74, 6) is -1.24. The molecule has 1 unspecified atom stereocenters. The van der Waals surface area contributed by atoms with Gasteiger partial charge in [-0.15, -0.1) is 0 Å². The third-order valence-electron chi connectivity index (χ3n) is 4.50. The molecule has 0 saturated carbocycles. The maximum absolute atomic E-state index is 12.8. The third kappa shape index (κ3) is 3.67. The second-order valence-corrected chi connectivity index (χ2v) is 6.52. The van der Waals surface area contributed by atoms with Crippen molar-refractivity contribution in [2.75, 3.05) is 13.6 Å². The van der Waals surface area contributed by atoms with Crippen LogP contribution in [0.1, 0.15) is 38.5 Å². The molecule has 7 nitrogen and oxygen atoms in total. The van der Waals surface area contributed by atoms with Crippen LogP contribution in [-0.4, -0.2) is 62.7 Å². The summed E-state index contributed by atoms with van der Waals surface area (Å²) in [6, 6.07) is 3.62. The van der Waals surface area contributed by atoms with Gasteiger partial charge in [0.15, 0.2) is 0 Å². The molecule has 1 saturated heterocycles. The number of amides is 2. The molecule has 1 aromatic heterocycles. The average molecular weight is 335 g/mol. The van der Waals surface area contributed by atoms with Gasteiger partial charge in [0.2, 0.25) is 0 Å². The Kier molecular flexibility index (Phi) is 5.77. The summed E-state index contributed by atoms with van der Waals surface area (Å²) >= 11 is 0. The molecule has 1 aromatic rings. The summed E-state index contributed by atoms with van der Waals surface area (Å²) in [7, 11) is 1.50. The fourth-order valence-corrected chi connectivity index (χ4v) is 3.33. The monoisotopic (exact) mass is 335 g/mol. The van der Waals surface area contributed by atoms with Crippen LogP contribution in [-0.2, 0) is 4.79 Å². The number of urea groups is 1. The van der Waals surface area contributed by atoms with Gasteiger partial charge < -0.3 is 20.0 Å². The lowest BCUT2D eigenvalue weighted by Crippen LogP contribution is -2.53. The van der Waals surface area contributed by atoms with Gasteiger partial charge in [-0.3, -0.25) is 4.98 Å². The van der Waals surface area contributed by atoms with Crippen molar-refractivity contribution in [2.45, 2.75) is 44.9 Å². The van der Waals surface area contributed by atoms with Gasteiger partial charge in [-0.1, -0.05) is 19.9 Å². The smallest absolute Gasteiger partial charge is 0.326 e. The lowest BCUT2D eigenvalue weighted by molar-refractivity contribution is -0.143. The van der Waals surface area contributed by atoms with E-state index in [1.54, 1.807) is 43.1 Å². The van der Waals surface area contributed by atoms with Crippen LogP contribution >= 0.6 is 0 Å². The number of aliphatic hydroxyl groups is 1. The predicted octanol–water partition coefficient (Wildman–Crippen LogP) is 1.74. The molecule has 1 fully saturated rings. The van der Waals surface area contributed by atoms with Crippen molar-refractivity contribution >= 4 is 12.0 Å².